The van der Waals surface area contributed by atoms with Crippen molar-refractivity contribution in [1.29, 1.82) is 0 Å². The van der Waals surface area contributed by atoms with Crippen molar-refractivity contribution in [1.82, 2.24) is 10.0 Å². The molecule has 2 N–H and O–H groups in total. The van der Waals surface area contributed by atoms with E-state index in [0.717, 1.165) is 5.56 Å². The van der Waals surface area contributed by atoms with Crippen LogP contribution in [-0.2, 0) is 14.8 Å². The van der Waals surface area contributed by atoms with E-state index >= 15 is 0 Å². The summed E-state index contributed by atoms with van der Waals surface area (Å²) in [7, 11) is -4.16. The monoisotopic (exact) mass is 336 g/mol. The second-order valence-corrected chi connectivity index (χ2v) is 5.77. The first-order valence-corrected chi connectivity index (χ1v) is 7.18. The Morgan fingerprint density at radius 3 is 2.18 bits per heavy atom. The number of hydrogen-bond acceptors (Lipinski definition) is 4. The quantitative estimate of drug-likeness (QED) is 0.818. The lowest BCUT2D eigenvalue weighted by molar-refractivity contribution is -0.165. The summed E-state index contributed by atoms with van der Waals surface area (Å²) in [5.74, 6) is -2.19. The molecular weight excluding hydrogens is 325 g/mol. The van der Waals surface area contributed by atoms with Crippen LogP contribution in [0.2, 0.25) is 0 Å². The molecule has 0 aliphatic heterocycles. The topological polar surface area (TPSA) is 92.3 Å². The molecule has 0 atom stereocenters. The second kappa shape index (κ2) is 6.60. The number of alkyl halides is 3. The van der Waals surface area contributed by atoms with Crippen LogP contribution in [0.25, 0.3) is 0 Å². The summed E-state index contributed by atoms with van der Waals surface area (Å²) < 4.78 is 60.7. The molecule has 0 aromatic heterocycles. The molecule has 0 spiro atoms. The molecule has 22 heavy (non-hydrogen) atoms. The molecule has 2 amide bonds. The molecule has 0 aliphatic rings. The van der Waals surface area contributed by atoms with Gasteiger partial charge in [0, 0.05) is 12.3 Å². The molecular formula is C12H11F3N2O4S. The van der Waals surface area contributed by atoms with Gasteiger partial charge in [-0.3, -0.25) is 4.79 Å². The highest BCUT2D eigenvalue weighted by atomic mass is 32.2. The van der Waals surface area contributed by atoms with Crippen LogP contribution in [0.5, 0.6) is 0 Å². The number of amides is 2. The Kier molecular flexibility index (Phi) is 5.31. The average Bonchev–Trinajstić information content (AvgIpc) is 2.37. The van der Waals surface area contributed by atoms with Crippen LogP contribution < -0.4 is 10.0 Å². The molecule has 10 heteroatoms. The van der Waals surface area contributed by atoms with Crippen LogP contribution in [0, 0.1) is 6.92 Å². The standard InChI is InChI=1S/C12H11F3N2O4S/c1-8-2-4-9(5-3-8)22(20,21)17-11(19)16-7-6-10(18)12(13,14)15/h2-7H,1H3,(H2,16,17,19)/b7-6+. The van der Waals surface area contributed by atoms with Gasteiger partial charge in [-0.1, -0.05) is 17.7 Å². The molecule has 1 aromatic rings. The summed E-state index contributed by atoms with van der Waals surface area (Å²) >= 11 is 0. The van der Waals surface area contributed by atoms with Crippen LogP contribution in [-0.4, -0.2) is 26.4 Å². The van der Waals surface area contributed by atoms with Gasteiger partial charge < -0.3 is 5.32 Å². The fraction of sp³-hybridized carbons (Fsp3) is 0.167. The van der Waals surface area contributed by atoms with E-state index in [1.807, 2.05) is 0 Å². The number of rotatable bonds is 4. The number of allylic oxidation sites excluding steroid dienone is 1. The van der Waals surface area contributed by atoms with Gasteiger partial charge in [-0.25, -0.2) is 17.9 Å². The van der Waals surface area contributed by atoms with E-state index in [4.69, 9.17) is 0 Å². The first-order chi connectivity index (χ1) is 10.0. The van der Waals surface area contributed by atoms with Crippen molar-refractivity contribution < 1.29 is 31.2 Å². The van der Waals surface area contributed by atoms with Crippen molar-refractivity contribution >= 4 is 21.8 Å². The van der Waals surface area contributed by atoms with Crippen molar-refractivity contribution in [2.24, 2.45) is 0 Å². The first kappa shape index (κ1) is 17.7. The van der Waals surface area contributed by atoms with E-state index in [9.17, 15) is 31.2 Å². The largest absolute Gasteiger partial charge is 0.454 e. The van der Waals surface area contributed by atoms with Gasteiger partial charge in [0.15, 0.2) is 0 Å². The highest BCUT2D eigenvalue weighted by molar-refractivity contribution is 7.90. The number of ketones is 1. The fourth-order valence-electron chi connectivity index (χ4n) is 1.22. The molecule has 1 aromatic carbocycles. The van der Waals surface area contributed by atoms with Crippen molar-refractivity contribution in [3.8, 4) is 0 Å². The lowest BCUT2D eigenvalue weighted by atomic mass is 10.2. The Balaban J connectivity index is 2.67. The second-order valence-electron chi connectivity index (χ2n) is 4.09. The zero-order chi connectivity index (χ0) is 17.0. The molecule has 6 nitrogen and oxygen atoms in total. The third kappa shape index (κ3) is 5.20. The molecule has 0 radical (unpaired) electrons. The SMILES string of the molecule is Cc1ccc(S(=O)(=O)NC(=O)N/C=C/C(=O)C(F)(F)F)cc1. The van der Waals surface area contributed by atoms with Gasteiger partial charge in [-0.05, 0) is 19.1 Å². The number of urea groups is 1. The number of hydrogen-bond donors (Lipinski definition) is 2. The minimum absolute atomic E-state index is 0.0675. The van der Waals surface area contributed by atoms with Crippen molar-refractivity contribution in [2.45, 2.75) is 18.0 Å². The minimum Gasteiger partial charge on any atom is -0.314 e. The smallest absolute Gasteiger partial charge is 0.314 e. The molecule has 0 saturated heterocycles. The molecule has 0 aliphatic carbocycles. The maximum absolute atomic E-state index is 11.9. The molecule has 0 heterocycles. The van der Waals surface area contributed by atoms with Gasteiger partial charge in [-0.15, -0.1) is 0 Å². The molecule has 0 fully saturated rings. The van der Waals surface area contributed by atoms with Gasteiger partial charge in [0.1, 0.15) is 0 Å². The number of aryl methyl sites for hydroxylation is 1. The van der Waals surface area contributed by atoms with Gasteiger partial charge in [0.05, 0.1) is 4.90 Å². The molecule has 1 rings (SSSR count). The van der Waals surface area contributed by atoms with Gasteiger partial charge in [0.2, 0.25) is 0 Å². The van der Waals surface area contributed by atoms with Crippen LogP contribution in [0.3, 0.4) is 0 Å². The third-order valence-electron chi connectivity index (χ3n) is 2.29. The van der Waals surface area contributed by atoms with E-state index in [1.54, 1.807) is 17.0 Å². The summed E-state index contributed by atoms with van der Waals surface area (Å²) in [5.41, 5.74) is 0.803. The van der Waals surface area contributed by atoms with Gasteiger partial charge in [0.25, 0.3) is 15.8 Å². The Morgan fingerprint density at radius 2 is 1.68 bits per heavy atom. The van der Waals surface area contributed by atoms with Crippen LogP contribution in [0.4, 0.5) is 18.0 Å². The zero-order valence-corrected chi connectivity index (χ0v) is 12.0. The Labute approximate surface area is 124 Å². The molecule has 0 unspecified atom stereocenters. The lowest BCUT2D eigenvalue weighted by Gasteiger charge is -2.06. The average molecular weight is 336 g/mol. The third-order valence-corrected chi connectivity index (χ3v) is 3.63. The van der Waals surface area contributed by atoms with Crippen LogP contribution in [0.1, 0.15) is 5.56 Å². The number of halogens is 3. The zero-order valence-electron chi connectivity index (χ0n) is 11.1. The number of carbonyl (C=O) groups excluding carboxylic acids is 2. The highest BCUT2D eigenvalue weighted by Crippen LogP contribution is 2.16. The maximum atomic E-state index is 11.9. The van der Waals surface area contributed by atoms with Crippen molar-refractivity contribution in [3.05, 3.63) is 42.1 Å². The van der Waals surface area contributed by atoms with E-state index in [1.165, 1.54) is 24.3 Å². The predicted octanol–water partition coefficient (Wildman–Crippen LogP) is 1.63. The highest BCUT2D eigenvalue weighted by Gasteiger charge is 2.36. The van der Waals surface area contributed by atoms with Crippen molar-refractivity contribution in [3.63, 3.8) is 0 Å². The number of carbonyl (C=O) groups is 2. The van der Waals surface area contributed by atoms with Crippen LogP contribution in [0.15, 0.2) is 41.4 Å². The van der Waals surface area contributed by atoms with E-state index in [-0.39, 0.29) is 11.0 Å². The Bertz CT molecular complexity index is 694. The van der Waals surface area contributed by atoms with Gasteiger partial charge >= 0.3 is 12.2 Å². The van der Waals surface area contributed by atoms with E-state index < -0.39 is 28.0 Å². The summed E-state index contributed by atoms with van der Waals surface area (Å²) in [6.45, 7) is 1.74. The summed E-state index contributed by atoms with van der Waals surface area (Å²) in [6.07, 6.45) is -4.60. The van der Waals surface area contributed by atoms with Crippen molar-refractivity contribution in [2.75, 3.05) is 0 Å². The van der Waals surface area contributed by atoms with Gasteiger partial charge in [-0.2, -0.15) is 13.2 Å². The maximum Gasteiger partial charge on any atom is 0.454 e. The minimum atomic E-state index is -5.07. The van der Waals surface area contributed by atoms with E-state index in [2.05, 4.69) is 0 Å². The molecule has 120 valence electrons. The lowest BCUT2D eigenvalue weighted by Crippen LogP contribution is -2.37. The number of nitrogens with one attached hydrogen (secondary N) is 2. The first-order valence-electron chi connectivity index (χ1n) is 5.70. The summed E-state index contributed by atoms with van der Waals surface area (Å²) in [4.78, 5) is 21.6. The fourth-order valence-corrected chi connectivity index (χ4v) is 2.13. The summed E-state index contributed by atoms with van der Waals surface area (Å²) in [5, 5.41) is 1.69. The van der Waals surface area contributed by atoms with E-state index in [0.29, 0.717) is 6.20 Å². The Hall–Kier alpha value is -2.36. The number of sulfonamides is 1. The van der Waals surface area contributed by atoms with Crippen LogP contribution >= 0.6 is 0 Å². The normalized spacial score (nSPS) is 12.2. The predicted molar refractivity (Wildman–Crippen MR) is 70.2 cm³/mol. The molecule has 0 bridgehead atoms. The number of benzene rings is 1. The Morgan fingerprint density at radius 1 is 1.14 bits per heavy atom. The summed E-state index contributed by atoms with van der Waals surface area (Å²) in [6, 6.07) is 4.23. The molecule has 0 saturated carbocycles.